The Kier molecular flexibility index (Phi) is 14.1. The number of alkyl halides is 9. The zero-order chi connectivity index (χ0) is 38.6. The quantitative estimate of drug-likeness (QED) is 0.0966. The number of nitrogens with one attached hydrogen (secondary N) is 1. The minimum absolute atomic E-state index is 0.0346. The van der Waals surface area contributed by atoms with E-state index < -0.39 is 38.7 Å². The summed E-state index contributed by atoms with van der Waals surface area (Å²) in [5.41, 5.74) is 3.14. The van der Waals surface area contributed by atoms with Crippen LogP contribution in [0.2, 0.25) is 10.6 Å². The van der Waals surface area contributed by atoms with Crippen molar-refractivity contribution >= 4 is 90.2 Å². The summed E-state index contributed by atoms with van der Waals surface area (Å²) in [6.07, 6.45) is -2.06. The van der Waals surface area contributed by atoms with Crippen LogP contribution in [0.5, 0.6) is 0 Å². The number of rotatable bonds is 5. The Balaban J connectivity index is 0.000000182. The molecule has 0 unspecified atom stereocenters. The zero-order valence-corrected chi connectivity index (χ0v) is 31.8. The third-order valence-electron chi connectivity index (χ3n) is 7.86. The van der Waals surface area contributed by atoms with E-state index in [9.17, 15) is 34.8 Å². The van der Waals surface area contributed by atoms with Gasteiger partial charge >= 0.3 is 25.6 Å². The minimum atomic E-state index is -4.85. The predicted molar refractivity (Wildman–Crippen MR) is 183 cm³/mol. The Hall–Kier alpha value is -2.04. The zero-order valence-electron chi connectivity index (χ0n) is 27.2. The molecule has 52 heavy (non-hydrogen) atoms. The van der Waals surface area contributed by atoms with Crippen LogP contribution in [0.25, 0.3) is 22.1 Å². The lowest BCUT2D eigenvalue weighted by atomic mass is 10.1. The van der Waals surface area contributed by atoms with E-state index >= 15 is 0 Å². The van der Waals surface area contributed by atoms with E-state index in [0.29, 0.717) is 42.9 Å². The molecule has 0 bridgehead atoms. The van der Waals surface area contributed by atoms with E-state index in [1.54, 1.807) is 10.9 Å². The summed E-state index contributed by atoms with van der Waals surface area (Å²) in [5, 5.41) is 14.4. The molecule has 25 heteroatoms. The molecule has 0 radical (unpaired) electrons. The maximum absolute atomic E-state index is 12.4. The molecule has 290 valence electrons. The second-order valence-electron chi connectivity index (χ2n) is 11.7. The Morgan fingerprint density at radius 2 is 1.21 bits per heavy atom. The van der Waals surface area contributed by atoms with Gasteiger partial charge < -0.3 is 5.32 Å². The van der Waals surface area contributed by atoms with Crippen molar-refractivity contribution in [3.8, 4) is 0 Å². The molecule has 4 aromatic heterocycles. The highest BCUT2D eigenvalue weighted by atomic mass is 35.6. The molecule has 1 N–H and O–H groups in total. The number of halogens is 11. The van der Waals surface area contributed by atoms with Gasteiger partial charge in [-0.1, -0.05) is 34.8 Å². The first kappa shape index (κ1) is 42.7. The summed E-state index contributed by atoms with van der Waals surface area (Å²) in [6, 6.07) is 0.450. The summed E-state index contributed by atoms with van der Waals surface area (Å²) in [5.74, 6) is 0. The molecule has 2 aliphatic rings. The molecule has 0 atom stereocenters. The standard InChI is InChI=1S/C13H15ClF3N5.C11H14ClN5.C3H2Cl3F3O3S/c1-8-10-6-18-22(11(10)20-12(14)19-8)9-2-4-21(5-3-9)7-13(15,16)17;1-7-9-6-14-17(8-2-4-13-5-3-8)10(9)16-11(12)15-7;4-3(5,6)13(10,11)12-1-2(7,8)9/h6,9H,2-5,7H2,1H3;6,8,13H,2-5H2,1H3;1H2. The smallest absolute Gasteiger partial charge is 0.317 e. The fourth-order valence-electron chi connectivity index (χ4n) is 5.44. The molecular weight excluding hydrogens is 836 g/mol. The molecule has 0 spiro atoms. The van der Waals surface area contributed by atoms with E-state index in [4.69, 9.17) is 58.0 Å². The number of hydrogen-bond acceptors (Lipinski definition) is 11. The molecule has 6 rings (SSSR count). The van der Waals surface area contributed by atoms with Gasteiger partial charge in [0.2, 0.25) is 10.6 Å². The van der Waals surface area contributed by atoms with Crippen LogP contribution in [-0.4, -0.2) is 108 Å². The molecule has 2 saturated heterocycles. The topological polar surface area (TPSA) is 146 Å². The largest absolute Gasteiger partial charge is 0.413 e. The maximum Gasteiger partial charge on any atom is 0.413 e. The van der Waals surface area contributed by atoms with Crippen LogP contribution in [0.15, 0.2) is 12.4 Å². The molecule has 0 amide bonds. The summed E-state index contributed by atoms with van der Waals surface area (Å²) < 4.78 is 97.0. The molecule has 4 aromatic rings. The molecule has 0 aromatic carbocycles. The van der Waals surface area contributed by atoms with Gasteiger partial charge in [-0.3, -0.25) is 9.08 Å². The molecular formula is C27H31Cl5F6N10O3S. The lowest BCUT2D eigenvalue weighted by Gasteiger charge is -2.32. The lowest BCUT2D eigenvalue weighted by molar-refractivity contribution is -0.152. The van der Waals surface area contributed by atoms with Crippen molar-refractivity contribution in [1.29, 1.82) is 0 Å². The molecule has 6 heterocycles. The fraction of sp³-hybridized carbons (Fsp3) is 0.630. The van der Waals surface area contributed by atoms with Gasteiger partial charge in [0.25, 0.3) is 0 Å². The minimum Gasteiger partial charge on any atom is -0.317 e. The lowest BCUT2D eigenvalue weighted by Crippen LogP contribution is -2.40. The van der Waals surface area contributed by atoms with Crippen LogP contribution in [0.4, 0.5) is 26.3 Å². The summed E-state index contributed by atoms with van der Waals surface area (Å²) in [4.78, 5) is 18.2. The number of piperidine rings is 2. The van der Waals surface area contributed by atoms with Crippen LogP contribution in [0.1, 0.15) is 49.2 Å². The number of fused-ring (bicyclic) bond motifs is 2. The normalized spacial score (nSPS) is 17.2. The third kappa shape index (κ3) is 11.7. The Labute approximate surface area is 318 Å². The Morgan fingerprint density at radius 1 is 0.769 bits per heavy atom. The summed E-state index contributed by atoms with van der Waals surface area (Å²) in [6.45, 7) is 3.73. The van der Waals surface area contributed by atoms with Crippen molar-refractivity contribution in [3.63, 3.8) is 0 Å². The first-order valence-electron chi connectivity index (χ1n) is 15.3. The van der Waals surface area contributed by atoms with Crippen molar-refractivity contribution < 1.29 is 38.9 Å². The number of nitrogens with zero attached hydrogens (tertiary/aromatic N) is 9. The monoisotopic (exact) mass is 864 g/mol. The van der Waals surface area contributed by atoms with Gasteiger partial charge in [-0.25, -0.2) is 19.3 Å². The first-order chi connectivity index (χ1) is 24.0. The van der Waals surface area contributed by atoms with Crippen molar-refractivity contribution in [2.75, 3.05) is 39.3 Å². The average molecular weight is 867 g/mol. The van der Waals surface area contributed by atoms with E-state index in [-0.39, 0.29) is 11.3 Å². The maximum atomic E-state index is 12.4. The Bertz CT molecular complexity index is 1930. The van der Waals surface area contributed by atoms with Crippen LogP contribution < -0.4 is 5.32 Å². The highest BCUT2D eigenvalue weighted by molar-refractivity contribution is 7.92. The summed E-state index contributed by atoms with van der Waals surface area (Å²) in [7, 11) is -4.85. The van der Waals surface area contributed by atoms with Crippen LogP contribution in [0, 0.1) is 13.8 Å². The second-order valence-corrected chi connectivity index (χ2v) is 17.1. The highest BCUT2D eigenvalue weighted by Crippen LogP contribution is 2.35. The number of aryl methyl sites for hydroxylation is 2. The van der Waals surface area contributed by atoms with Gasteiger partial charge in [-0.15, -0.1) is 0 Å². The van der Waals surface area contributed by atoms with Gasteiger partial charge in [0.05, 0.1) is 53.2 Å². The van der Waals surface area contributed by atoms with E-state index in [1.807, 2.05) is 24.7 Å². The Morgan fingerprint density at radius 3 is 1.62 bits per heavy atom. The van der Waals surface area contributed by atoms with Gasteiger partial charge in [0.15, 0.2) is 17.9 Å². The van der Waals surface area contributed by atoms with Crippen LogP contribution >= 0.6 is 58.0 Å². The van der Waals surface area contributed by atoms with Crippen molar-refractivity contribution in [1.82, 2.24) is 49.7 Å². The first-order valence-corrected chi connectivity index (χ1v) is 18.6. The van der Waals surface area contributed by atoms with Gasteiger partial charge in [0, 0.05) is 13.1 Å². The van der Waals surface area contributed by atoms with E-state index in [2.05, 4.69) is 39.6 Å². The van der Waals surface area contributed by atoms with Crippen molar-refractivity contribution in [3.05, 3.63) is 34.3 Å². The number of likely N-dealkylation sites (tertiary alicyclic amines) is 1. The predicted octanol–water partition coefficient (Wildman–Crippen LogP) is 6.92. The highest BCUT2D eigenvalue weighted by Gasteiger charge is 2.42. The summed E-state index contributed by atoms with van der Waals surface area (Å²) >= 11 is 26.2. The van der Waals surface area contributed by atoms with Gasteiger partial charge in [0.1, 0.15) is 0 Å². The fourth-order valence-corrected chi connectivity index (χ4v) is 6.68. The molecule has 13 nitrogen and oxygen atoms in total. The van der Waals surface area contributed by atoms with Crippen LogP contribution in [0.3, 0.4) is 0 Å². The third-order valence-corrected chi connectivity index (χ3v) is 10.9. The van der Waals surface area contributed by atoms with Crippen molar-refractivity contribution in [2.24, 2.45) is 0 Å². The van der Waals surface area contributed by atoms with E-state index in [1.165, 1.54) is 4.90 Å². The van der Waals surface area contributed by atoms with Crippen molar-refractivity contribution in [2.45, 2.75) is 67.1 Å². The molecule has 0 saturated carbocycles. The van der Waals surface area contributed by atoms with Crippen LogP contribution in [-0.2, 0) is 14.3 Å². The molecule has 2 aliphatic heterocycles. The number of aromatic nitrogens is 8. The van der Waals surface area contributed by atoms with Gasteiger partial charge in [-0.2, -0.15) is 54.9 Å². The molecule has 2 fully saturated rings. The van der Waals surface area contributed by atoms with E-state index in [0.717, 1.165) is 53.7 Å². The van der Waals surface area contributed by atoms with Gasteiger partial charge in [-0.05, 0) is 75.8 Å². The second kappa shape index (κ2) is 17.2. The SMILES string of the molecule is Cc1nc(Cl)nc2c1cnn2C1CCN(CC(F)(F)F)CC1.Cc1nc(Cl)nc2c1cnn2C1CCNCC1.O=S(=O)(OCC(F)(F)F)C(Cl)(Cl)Cl. The number of hydrogen-bond donors (Lipinski definition) is 1. The average Bonchev–Trinajstić information content (AvgIpc) is 3.65. The molecule has 0 aliphatic carbocycles.